The van der Waals surface area contributed by atoms with E-state index >= 15 is 0 Å². The first kappa shape index (κ1) is 19.9. The lowest BCUT2D eigenvalue weighted by Gasteiger charge is -2.24. The molecule has 2 aromatic heterocycles. The van der Waals surface area contributed by atoms with Crippen LogP contribution in [0.5, 0.6) is 0 Å². The molecule has 7 heteroatoms. The van der Waals surface area contributed by atoms with Crippen LogP contribution in [0.2, 0.25) is 5.02 Å². The second kappa shape index (κ2) is 8.13. The maximum atomic E-state index is 12.7. The summed E-state index contributed by atoms with van der Waals surface area (Å²) in [5.41, 5.74) is 3.62. The number of benzene rings is 1. The fraction of sp³-hybridized carbons (Fsp3) is 0.409. The van der Waals surface area contributed by atoms with Crippen LogP contribution < -0.4 is 0 Å². The van der Waals surface area contributed by atoms with E-state index in [1.807, 2.05) is 36.7 Å². The molecule has 1 aliphatic rings. The third-order valence-corrected chi connectivity index (χ3v) is 5.57. The molecule has 6 nitrogen and oxygen atoms in total. The highest BCUT2D eigenvalue weighted by atomic mass is 35.5. The van der Waals surface area contributed by atoms with Gasteiger partial charge in [-0.1, -0.05) is 11.6 Å². The van der Waals surface area contributed by atoms with Crippen LogP contribution in [-0.2, 0) is 9.47 Å². The van der Waals surface area contributed by atoms with E-state index in [2.05, 4.69) is 10.1 Å². The van der Waals surface area contributed by atoms with E-state index in [0.29, 0.717) is 17.3 Å². The van der Waals surface area contributed by atoms with Crippen molar-refractivity contribution in [2.45, 2.75) is 46.3 Å². The molecule has 0 bridgehead atoms. The van der Waals surface area contributed by atoms with Crippen LogP contribution in [0.3, 0.4) is 0 Å². The number of aryl methyl sites for hydroxylation is 1. The second-order valence-corrected chi connectivity index (χ2v) is 7.71. The fourth-order valence-corrected chi connectivity index (χ4v) is 4.15. The minimum absolute atomic E-state index is 0.173. The molecule has 1 atom stereocenters. The average Bonchev–Trinajstić information content (AvgIpc) is 3.05. The Labute approximate surface area is 174 Å². The lowest BCUT2D eigenvalue weighted by molar-refractivity contribution is -0.0408. The summed E-state index contributed by atoms with van der Waals surface area (Å²) in [7, 11) is 0. The Balaban J connectivity index is 1.90. The van der Waals surface area contributed by atoms with Gasteiger partial charge < -0.3 is 9.47 Å². The van der Waals surface area contributed by atoms with Crippen molar-refractivity contribution in [2.75, 3.05) is 13.2 Å². The standard InChI is InChI=1S/C22H24ClN3O3/c1-4-28-22(27)21-20(14(3)26(25-21)19-7-5-6-8-29-19)16-10-15-9-13(2)24-12-17(15)18(23)11-16/h9-12,19H,4-8H2,1-3H3. The Morgan fingerprint density at radius 1 is 1.31 bits per heavy atom. The third-order valence-electron chi connectivity index (χ3n) is 5.26. The quantitative estimate of drug-likeness (QED) is 0.547. The number of carbonyl (C=O) groups excluding carboxylic acids is 1. The topological polar surface area (TPSA) is 66.2 Å². The van der Waals surface area contributed by atoms with Gasteiger partial charge in [0.15, 0.2) is 5.69 Å². The third kappa shape index (κ3) is 3.74. The van der Waals surface area contributed by atoms with E-state index in [9.17, 15) is 4.79 Å². The van der Waals surface area contributed by atoms with Crippen molar-refractivity contribution in [3.05, 3.63) is 46.5 Å². The number of nitrogens with zero attached hydrogens (tertiary/aromatic N) is 3. The molecule has 0 spiro atoms. The highest BCUT2D eigenvalue weighted by molar-refractivity contribution is 6.36. The van der Waals surface area contributed by atoms with Crippen LogP contribution in [0.15, 0.2) is 24.4 Å². The summed E-state index contributed by atoms with van der Waals surface area (Å²) in [4.78, 5) is 17.0. The molecule has 0 radical (unpaired) electrons. The monoisotopic (exact) mass is 413 g/mol. The normalized spacial score (nSPS) is 16.9. The molecule has 3 heterocycles. The van der Waals surface area contributed by atoms with Gasteiger partial charge in [-0.2, -0.15) is 5.10 Å². The maximum Gasteiger partial charge on any atom is 0.359 e. The van der Waals surface area contributed by atoms with E-state index in [1.54, 1.807) is 13.1 Å². The number of hydrogen-bond acceptors (Lipinski definition) is 5. The van der Waals surface area contributed by atoms with Gasteiger partial charge in [0.05, 0.1) is 11.6 Å². The molecule has 3 aromatic rings. The van der Waals surface area contributed by atoms with E-state index in [1.165, 1.54) is 0 Å². The molecule has 1 saturated heterocycles. The zero-order chi connectivity index (χ0) is 20.5. The molecule has 0 N–H and O–H groups in total. The summed E-state index contributed by atoms with van der Waals surface area (Å²) >= 11 is 6.56. The molecule has 0 amide bonds. The van der Waals surface area contributed by atoms with Crippen molar-refractivity contribution in [3.63, 3.8) is 0 Å². The molecule has 0 aliphatic carbocycles. The van der Waals surface area contributed by atoms with Crippen molar-refractivity contribution < 1.29 is 14.3 Å². The van der Waals surface area contributed by atoms with Gasteiger partial charge in [0, 0.05) is 35.1 Å². The Kier molecular flexibility index (Phi) is 5.56. The lowest BCUT2D eigenvalue weighted by Crippen LogP contribution is -2.20. The van der Waals surface area contributed by atoms with Gasteiger partial charge in [0.25, 0.3) is 0 Å². The van der Waals surface area contributed by atoms with Gasteiger partial charge in [0.2, 0.25) is 0 Å². The Morgan fingerprint density at radius 3 is 2.86 bits per heavy atom. The molecule has 4 rings (SSSR count). The van der Waals surface area contributed by atoms with E-state index in [0.717, 1.165) is 52.5 Å². The minimum Gasteiger partial charge on any atom is -0.461 e. The largest absolute Gasteiger partial charge is 0.461 e. The van der Waals surface area contributed by atoms with Crippen molar-refractivity contribution in [2.24, 2.45) is 0 Å². The van der Waals surface area contributed by atoms with Crippen molar-refractivity contribution >= 4 is 28.3 Å². The summed E-state index contributed by atoms with van der Waals surface area (Å²) in [6.07, 6.45) is 4.58. The van der Waals surface area contributed by atoms with Crippen LogP contribution in [0.4, 0.5) is 0 Å². The second-order valence-electron chi connectivity index (χ2n) is 7.30. The molecular formula is C22H24ClN3O3. The lowest BCUT2D eigenvalue weighted by atomic mass is 9.99. The fourth-order valence-electron chi connectivity index (χ4n) is 3.87. The van der Waals surface area contributed by atoms with Crippen molar-refractivity contribution in [3.8, 4) is 11.1 Å². The summed E-state index contributed by atoms with van der Waals surface area (Å²) < 4.78 is 13.0. The van der Waals surface area contributed by atoms with Crippen LogP contribution in [0, 0.1) is 13.8 Å². The van der Waals surface area contributed by atoms with Gasteiger partial charge in [-0.15, -0.1) is 0 Å². The Hall–Kier alpha value is -2.44. The number of rotatable bonds is 4. The zero-order valence-corrected chi connectivity index (χ0v) is 17.6. The molecule has 0 saturated carbocycles. The highest BCUT2D eigenvalue weighted by Crippen LogP contribution is 2.36. The molecule has 1 aliphatic heterocycles. The SMILES string of the molecule is CCOC(=O)c1nn(C2CCCCO2)c(C)c1-c1cc(Cl)c2cnc(C)cc2c1. The number of halogens is 1. The predicted octanol–water partition coefficient (Wildman–Crippen LogP) is 5.24. The number of aromatic nitrogens is 3. The molecular weight excluding hydrogens is 390 g/mol. The predicted molar refractivity (Wildman–Crippen MR) is 112 cm³/mol. The van der Waals surface area contributed by atoms with Crippen molar-refractivity contribution in [1.29, 1.82) is 0 Å². The molecule has 1 fully saturated rings. The van der Waals surface area contributed by atoms with Gasteiger partial charge in [-0.25, -0.2) is 9.48 Å². The first-order valence-electron chi connectivity index (χ1n) is 9.93. The first-order chi connectivity index (χ1) is 14.0. The Bertz CT molecular complexity index is 1070. The zero-order valence-electron chi connectivity index (χ0n) is 16.9. The van der Waals surface area contributed by atoms with Crippen LogP contribution in [0.25, 0.3) is 21.9 Å². The van der Waals surface area contributed by atoms with Crippen LogP contribution in [0.1, 0.15) is 54.3 Å². The highest BCUT2D eigenvalue weighted by Gasteiger charge is 2.28. The number of fused-ring (bicyclic) bond motifs is 1. The molecule has 152 valence electrons. The summed E-state index contributed by atoms with van der Waals surface area (Å²) in [6.45, 7) is 6.66. The van der Waals surface area contributed by atoms with Crippen LogP contribution >= 0.6 is 11.6 Å². The summed E-state index contributed by atoms with van der Waals surface area (Å²) in [6, 6.07) is 5.87. The number of esters is 1. The molecule has 1 aromatic carbocycles. The van der Waals surface area contributed by atoms with Gasteiger partial charge in [-0.3, -0.25) is 4.98 Å². The number of pyridine rings is 1. The van der Waals surface area contributed by atoms with Gasteiger partial charge in [0.1, 0.15) is 6.23 Å². The Morgan fingerprint density at radius 2 is 2.14 bits per heavy atom. The molecule has 29 heavy (non-hydrogen) atoms. The smallest absolute Gasteiger partial charge is 0.359 e. The summed E-state index contributed by atoms with van der Waals surface area (Å²) in [5.74, 6) is -0.442. The molecule has 1 unspecified atom stereocenters. The number of hydrogen-bond donors (Lipinski definition) is 0. The van der Waals surface area contributed by atoms with Crippen LogP contribution in [-0.4, -0.2) is 33.9 Å². The van der Waals surface area contributed by atoms with Gasteiger partial charge >= 0.3 is 5.97 Å². The van der Waals surface area contributed by atoms with E-state index < -0.39 is 5.97 Å². The first-order valence-corrected chi connectivity index (χ1v) is 10.3. The number of carbonyl (C=O) groups is 1. The van der Waals surface area contributed by atoms with Gasteiger partial charge in [-0.05, 0) is 69.2 Å². The van der Waals surface area contributed by atoms with E-state index in [-0.39, 0.29) is 12.8 Å². The maximum absolute atomic E-state index is 12.7. The number of ether oxygens (including phenoxy) is 2. The average molecular weight is 414 g/mol. The minimum atomic E-state index is -0.442. The summed E-state index contributed by atoms with van der Waals surface area (Å²) in [5, 5.41) is 7.04. The van der Waals surface area contributed by atoms with Crippen molar-refractivity contribution in [1.82, 2.24) is 14.8 Å². The van der Waals surface area contributed by atoms with E-state index in [4.69, 9.17) is 21.1 Å².